The van der Waals surface area contributed by atoms with Crippen molar-refractivity contribution in [2.24, 2.45) is 0 Å². The topological polar surface area (TPSA) is 50.3 Å². The summed E-state index contributed by atoms with van der Waals surface area (Å²) < 4.78 is 28.0. The molecule has 2 aromatic rings. The molecule has 1 saturated carbocycles. The second-order valence-corrected chi connectivity index (χ2v) is 11.1. The van der Waals surface area contributed by atoms with E-state index in [9.17, 15) is 8.42 Å². The first-order chi connectivity index (χ1) is 13.5. The molecule has 0 bridgehead atoms. The van der Waals surface area contributed by atoms with E-state index in [0.717, 1.165) is 29.0 Å². The van der Waals surface area contributed by atoms with Gasteiger partial charge in [-0.15, -0.1) is 11.8 Å². The first-order valence-electron chi connectivity index (χ1n) is 10.3. The Morgan fingerprint density at radius 2 is 1.71 bits per heavy atom. The van der Waals surface area contributed by atoms with Gasteiger partial charge in [-0.25, -0.2) is 13.4 Å². The van der Waals surface area contributed by atoms with Crippen LogP contribution in [0.4, 0.5) is 0 Å². The Morgan fingerprint density at radius 1 is 0.964 bits per heavy atom. The number of nitrogens with zero attached hydrogens (tertiary/aromatic N) is 2. The van der Waals surface area contributed by atoms with Crippen molar-refractivity contribution >= 4 is 21.8 Å². The van der Waals surface area contributed by atoms with Crippen molar-refractivity contribution < 1.29 is 8.42 Å². The minimum atomic E-state index is -3.49. The van der Waals surface area contributed by atoms with E-state index >= 15 is 0 Å². The third-order valence-electron chi connectivity index (χ3n) is 5.81. The van der Waals surface area contributed by atoms with Crippen LogP contribution in [0.15, 0.2) is 52.5 Å². The number of aryl methyl sites for hydroxylation is 1. The molecular weight excluding hydrogens is 388 g/mol. The molecule has 1 aliphatic carbocycles. The second kappa shape index (κ2) is 8.56. The van der Waals surface area contributed by atoms with Gasteiger partial charge in [0, 0.05) is 18.0 Å². The third kappa shape index (κ3) is 4.29. The maximum atomic E-state index is 13.2. The van der Waals surface area contributed by atoms with Crippen molar-refractivity contribution in [2.75, 3.05) is 6.54 Å². The van der Waals surface area contributed by atoms with E-state index in [1.165, 1.54) is 32.1 Å². The molecule has 1 aliphatic heterocycles. The molecule has 1 aromatic carbocycles. The van der Waals surface area contributed by atoms with Crippen molar-refractivity contribution in [3.63, 3.8) is 0 Å². The molecule has 0 spiro atoms. The predicted molar refractivity (Wildman–Crippen MR) is 114 cm³/mol. The quantitative estimate of drug-likeness (QED) is 0.660. The maximum Gasteiger partial charge on any atom is 0.243 e. The summed E-state index contributed by atoms with van der Waals surface area (Å²) in [4.78, 5) is 5.04. The van der Waals surface area contributed by atoms with Crippen LogP contribution < -0.4 is 0 Å². The minimum absolute atomic E-state index is 0.118. The number of rotatable bonds is 5. The molecule has 0 N–H and O–H groups in total. The highest BCUT2D eigenvalue weighted by molar-refractivity contribution is 7.99. The summed E-state index contributed by atoms with van der Waals surface area (Å²) in [6, 6.07) is 11.2. The van der Waals surface area contributed by atoms with E-state index in [2.05, 4.69) is 17.1 Å². The van der Waals surface area contributed by atoms with E-state index in [1.54, 1.807) is 16.4 Å². The average molecular weight is 417 g/mol. The fourth-order valence-electron chi connectivity index (χ4n) is 4.22. The molecule has 1 unspecified atom stereocenters. The van der Waals surface area contributed by atoms with Crippen molar-refractivity contribution in [3.8, 4) is 0 Å². The summed E-state index contributed by atoms with van der Waals surface area (Å²) in [6.45, 7) is 2.53. The van der Waals surface area contributed by atoms with Gasteiger partial charge in [-0.2, -0.15) is 4.31 Å². The van der Waals surface area contributed by atoms with Crippen molar-refractivity contribution in [1.29, 1.82) is 0 Å². The molecule has 2 fully saturated rings. The molecule has 1 atom stereocenters. The predicted octanol–water partition coefficient (Wildman–Crippen LogP) is 5.34. The fourth-order valence-corrected chi connectivity index (χ4v) is 7.07. The fraction of sp³-hybridized carbons (Fsp3) is 0.500. The Labute approximate surface area is 172 Å². The van der Waals surface area contributed by atoms with Crippen LogP contribution in [0.3, 0.4) is 0 Å². The maximum absolute atomic E-state index is 13.2. The van der Waals surface area contributed by atoms with Gasteiger partial charge in [0.05, 0.1) is 16.0 Å². The molecule has 28 heavy (non-hydrogen) atoms. The normalized spacial score (nSPS) is 21.8. The van der Waals surface area contributed by atoms with Gasteiger partial charge >= 0.3 is 0 Å². The van der Waals surface area contributed by atoms with Crippen LogP contribution in [-0.4, -0.2) is 29.5 Å². The van der Waals surface area contributed by atoms with Gasteiger partial charge in [0.15, 0.2) is 0 Å². The number of benzene rings is 1. The summed E-state index contributed by atoms with van der Waals surface area (Å²) in [5.41, 5.74) is 2.06. The molecule has 150 valence electrons. The number of aromatic nitrogens is 1. The highest BCUT2D eigenvalue weighted by Crippen LogP contribution is 2.38. The Balaban J connectivity index is 1.50. The van der Waals surface area contributed by atoms with Gasteiger partial charge in [0.1, 0.15) is 0 Å². The van der Waals surface area contributed by atoms with Crippen LogP contribution in [0.2, 0.25) is 0 Å². The van der Waals surface area contributed by atoms with Crippen LogP contribution in [-0.2, 0) is 10.0 Å². The first kappa shape index (κ1) is 19.9. The van der Waals surface area contributed by atoms with Crippen molar-refractivity contribution in [3.05, 3.63) is 53.7 Å². The van der Waals surface area contributed by atoms with E-state index in [1.807, 2.05) is 37.0 Å². The lowest BCUT2D eigenvalue weighted by Gasteiger charge is -2.25. The number of thioether (sulfide) groups is 1. The van der Waals surface area contributed by atoms with Gasteiger partial charge < -0.3 is 0 Å². The molecule has 2 aliphatic rings. The van der Waals surface area contributed by atoms with Crippen molar-refractivity contribution in [1.82, 2.24) is 9.29 Å². The van der Waals surface area contributed by atoms with Crippen LogP contribution in [0.5, 0.6) is 0 Å². The number of hydrogen-bond acceptors (Lipinski definition) is 4. The van der Waals surface area contributed by atoms with Crippen LogP contribution in [0.25, 0.3) is 0 Å². The number of pyridine rings is 1. The monoisotopic (exact) mass is 416 g/mol. The van der Waals surface area contributed by atoms with Crippen LogP contribution in [0.1, 0.15) is 62.1 Å². The van der Waals surface area contributed by atoms with Gasteiger partial charge in [-0.3, -0.25) is 0 Å². The Bertz CT molecular complexity index is 889. The standard InChI is InChI=1S/C22H28N2O2S2/c1-17-9-12-20(13-10-17)28(25,26)24-15-5-8-21(24)18-11-14-22(23-16-18)27-19-6-3-2-4-7-19/h9-14,16,19,21H,2-8,15H2,1H3. The smallest absolute Gasteiger partial charge is 0.243 e. The zero-order chi connectivity index (χ0) is 19.6. The largest absolute Gasteiger partial charge is 0.250 e. The molecule has 1 aromatic heterocycles. The number of sulfonamides is 1. The van der Waals surface area contributed by atoms with Gasteiger partial charge in [-0.1, -0.05) is 43.0 Å². The summed E-state index contributed by atoms with van der Waals surface area (Å²) in [5.74, 6) is 0. The molecule has 6 heteroatoms. The molecule has 1 saturated heterocycles. The Morgan fingerprint density at radius 3 is 2.39 bits per heavy atom. The zero-order valence-corrected chi connectivity index (χ0v) is 18.0. The molecule has 4 nitrogen and oxygen atoms in total. The SMILES string of the molecule is Cc1ccc(S(=O)(=O)N2CCCC2c2ccc(SC3CCCCC3)nc2)cc1. The van der Waals surface area contributed by atoms with E-state index in [-0.39, 0.29) is 6.04 Å². The first-order valence-corrected chi connectivity index (χ1v) is 12.6. The lowest BCUT2D eigenvalue weighted by molar-refractivity contribution is 0.396. The van der Waals surface area contributed by atoms with Gasteiger partial charge in [0.2, 0.25) is 10.0 Å². The third-order valence-corrected chi connectivity index (χ3v) is 9.02. The molecule has 0 radical (unpaired) electrons. The van der Waals surface area contributed by atoms with E-state index in [4.69, 9.17) is 0 Å². The van der Waals surface area contributed by atoms with Gasteiger partial charge in [-0.05, 0) is 56.4 Å². The van der Waals surface area contributed by atoms with Crippen LogP contribution in [0, 0.1) is 6.92 Å². The summed E-state index contributed by atoms with van der Waals surface area (Å²) in [6.07, 6.45) is 10.2. The second-order valence-electron chi connectivity index (χ2n) is 7.89. The molecule has 0 amide bonds. The summed E-state index contributed by atoms with van der Waals surface area (Å²) in [5, 5.41) is 1.73. The summed E-state index contributed by atoms with van der Waals surface area (Å²) >= 11 is 1.88. The molecule has 4 rings (SSSR count). The zero-order valence-electron chi connectivity index (χ0n) is 16.4. The number of hydrogen-bond donors (Lipinski definition) is 0. The summed E-state index contributed by atoms with van der Waals surface area (Å²) in [7, 11) is -3.49. The van der Waals surface area contributed by atoms with Crippen LogP contribution >= 0.6 is 11.8 Å². The lowest BCUT2D eigenvalue weighted by atomic mass is 10.0. The Hall–Kier alpha value is -1.37. The lowest BCUT2D eigenvalue weighted by Crippen LogP contribution is -2.30. The van der Waals surface area contributed by atoms with E-state index < -0.39 is 10.0 Å². The van der Waals surface area contributed by atoms with E-state index in [0.29, 0.717) is 16.7 Å². The highest BCUT2D eigenvalue weighted by Gasteiger charge is 2.36. The van der Waals surface area contributed by atoms with Gasteiger partial charge in [0.25, 0.3) is 0 Å². The van der Waals surface area contributed by atoms with Crippen molar-refractivity contribution in [2.45, 2.75) is 73.1 Å². The average Bonchev–Trinajstić information content (AvgIpc) is 3.21. The Kier molecular flexibility index (Phi) is 6.09. The molecule has 2 heterocycles. The molecular formula is C22H28N2O2S2. The highest BCUT2D eigenvalue weighted by atomic mass is 32.2. The minimum Gasteiger partial charge on any atom is -0.250 e.